The number of benzene rings is 2. The highest BCUT2D eigenvalue weighted by molar-refractivity contribution is 5.85. The van der Waals surface area contributed by atoms with Gasteiger partial charge in [-0.2, -0.15) is 0 Å². The fourth-order valence-corrected chi connectivity index (χ4v) is 1.59. The number of halogens is 1. The standard InChI is InChI=1S/C12H13NO2.ClH/c13-12(7-14)10-2-1-9-6-11(15)4-3-8(9)5-10;/h1-6,12,14-15H,7,13H2;1H/t12-;/m1./s1. The molecular weight excluding hydrogens is 226 g/mol. The highest BCUT2D eigenvalue weighted by Gasteiger charge is 2.04. The molecule has 0 aliphatic carbocycles. The maximum atomic E-state index is 9.29. The van der Waals surface area contributed by atoms with Gasteiger partial charge in [0.25, 0.3) is 0 Å². The summed E-state index contributed by atoms with van der Waals surface area (Å²) in [6, 6.07) is 10.5. The molecule has 3 nitrogen and oxygen atoms in total. The molecule has 2 rings (SSSR count). The van der Waals surface area contributed by atoms with Gasteiger partial charge in [0.15, 0.2) is 0 Å². The minimum absolute atomic E-state index is 0. The van der Waals surface area contributed by atoms with Gasteiger partial charge in [-0.15, -0.1) is 12.4 Å². The first-order valence-corrected chi connectivity index (χ1v) is 4.80. The van der Waals surface area contributed by atoms with E-state index in [1.165, 1.54) is 0 Å². The Balaban J connectivity index is 0.00000128. The van der Waals surface area contributed by atoms with Gasteiger partial charge < -0.3 is 15.9 Å². The lowest BCUT2D eigenvalue weighted by atomic mass is 10.0. The van der Waals surface area contributed by atoms with Crippen LogP contribution in [-0.4, -0.2) is 16.8 Å². The Labute approximate surface area is 99.9 Å². The van der Waals surface area contributed by atoms with Gasteiger partial charge in [0.05, 0.1) is 12.6 Å². The minimum atomic E-state index is -0.344. The lowest BCUT2D eigenvalue weighted by Gasteiger charge is -2.09. The highest BCUT2D eigenvalue weighted by Crippen LogP contribution is 2.22. The average Bonchev–Trinajstić information content (AvgIpc) is 2.27. The van der Waals surface area contributed by atoms with E-state index in [1.54, 1.807) is 12.1 Å². The van der Waals surface area contributed by atoms with Crippen molar-refractivity contribution in [1.29, 1.82) is 0 Å². The van der Waals surface area contributed by atoms with Gasteiger partial charge in [-0.3, -0.25) is 0 Å². The molecular formula is C12H14ClNO2. The van der Waals surface area contributed by atoms with Gasteiger partial charge >= 0.3 is 0 Å². The largest absolute Gasteiger partial charge is 0.508 e. The number of fused-ring (bicyclic) bond motifs is 1. The summed E-state index contributed by atoms with van der Waals surface area (Å²) >= 11 is 0. The Kier molecular flexibility index (Phi) is 4.12. The van der Waals surface area contributed by atoms with Crippen molar-refractivity contribution in [3.8, 4) is 5.75 Å². The van der Waals surface area contributed by atoms with Crippen LogP contribution < -0.4 is 5.73 Å². The van der Waals surface area contributed by atoms with Crippen LogP contribution in [0.15, 0.2) is 36.4 Å². The Morgan fingerprint density at radius 3 is 2.38 bits per heavy atom. The smallest absolute Gasteiger partial charge is 0.116 e. The normalized spacial score (nSPS) is 12.1. The lowest BCUT2D eigenvalue weighted by molar-refractivity contribution is 0.268. The summed E-state index contributed by atoms with van der Waals surface area (Å²) < 4.78 is 0. The second-order valence-electron chi connectivity index (χ2n) is 3.58. The van der Waals surface area contributed by atoms with Crippen molar-refractivity contribution in [2.24, 2.45) is 5.73 Å². The zero-order valence-corrected chi connectivity index (χ0v) is 9.45. The van der Waals surface area contributed by atoms with E-state index >= 15 is 0 Å². The summed E-state index contributed by atoms with van der Waals surface area (Å²) in [5, 5.41) is 20.2. The zero-order chi connectivity index (χ0) is 10.8. The van der Waals surface area contributed by atoms with E-state index in [9.17, 15) is 5.11 Å². The van der Waals surface area contributed by atoms with Gasteiger partial charge in [-0.25, -0.2) is 0 Å². The van der Waals surface area contributed by atoms with E-state index < -0.39 is 0 Å². The number of rotatable bonds is 2. The number of aliphatic hydroxyl groups is 1. The molecule has 0 radical (unpaired) electrons. The van der Waals surface area contributed by atoms with Crippen molar-refractivity contribution in [1.82, 2.24) is 0 Å². The molecule has 4 heteroatoms. The molecule has 0 heterocycles. The third-order valence-electron chi connectivity index (χ3n) is 2.47. The molecule has 0 bridgehead atoms. The molecule has 0 fully saturated rings. The van der Waals surface area contributed by atoms with Crippen LogP contribution in [0.4, 0.5) is 0 Å². The monoisotopic (exact) mass is 239 g/mol. The van der Waals surface area contributed by atoms with E-state index in [1.807, 2.05) is 24.3 Å². The first-order valence-electron chi connectivity index (χ1n) is 4.80. The molecule has 0 aromatic heterocycles. The van der Waals surface area contributed by atoms with Crippen LogP contribution in [0.1, 0.15) is 11.6 Å². The number of phenols is 1. The summed E-state index contributed by atoms with van der Waals surface area (Å²) in [5.74, 6) is 0.252. The van der Waals surface area contributed by atoms with Gasteiger partial charge in [0.2, 0.25) is 0 Å². The second-order valence-corrected chi connectivity index (χ2v) is 3.58. The van der Waals surface area contributed by atoms with Gasteiger partial charge in [0.1, 0.15) is 5.75 Å². The SMILES string of the molecule is Cl.N[C@H](CO)c1ccc2cc(O)ccc2c1. The van der Waals surface area contributed by atoms with E-state index in [0.717, 1.165) is 16.3 Å². The number of hydrogen-bond donors (Lipinski definition) is 3. The Morgan fingerprint density at radius 2 is 1.69 bits per heavy atom. The van der Waals surface area contributed by atoms with E-state index in [4.69, 9.17) is 10.8 Å². The van der Waals surface area contributed by atoms with Crippen molar-refractivity contribution in [3.63, 3.8) is 0 Å². The number of nitrogens with two attached hydrogens (primary N) is 1. The van der Waals surface area contributed by atoms with Crippen molar-refractivity contribution in [2.75, 3.05) is 6.61 Å². The van der Waals surface area contributed by atoms with Crippen LogP contribution in [0.25, 0.3) is 10.8 Å². The Bertz CT molecular complexity index is 487. The number of aliphatic hydroxyl groups excluding tert-OH is 1. The van der Waals surface area contributed by atoms with Crippen LogP contribution in [0.3, 0.4) is 0 Å². The van der Waals surface area contributed by atoms with E-state index in [2.05, 4.69) is 0 Å². The summed E-state index contributed by atoms with van der Waals surface area (Å²) in [6.07, 6.45) is 0. The zero-order valence-electron chi connectivity index (χ0n) is 8.63. The number of aromatic hydroxyl groups is 1. The molecule has 0 aliphatic rings. The van der Waals surface area contributed by atoms with E-state index in [0.29, 0.717) is 0 Å². The van der Waals surface area contributed by atoms with Crippen molar-refractivity contribution >= 4 is 23.2 Å². The molecule has 1 atom stereocenters. The van der Waals surface area contributed by atoms with Crippen molar-refractivity contribution in [2.45, 2.75) is 6.04 Å². The maximum Gasteiger partial charge on any atom is 0.116 e. The summed E-state index contributed by atoms with van der Waals surface area (Å²) in [7, 11) is 0. The predicted octanol–water partition coefficient (Wildman–Crippen LogP) is 1.96. The molecule has 0 aliphatic heterocycles. The topological polar surface area (TPSA) is 66.5 Å². The van der Waals surface area contributed by atoms with Crippen LogP contribution in [0.5, 0.6) is 5.75 Å². The van der Waals surface area contributed by atoms with Gasteiger partial charge in [-0.05, 0) is 34.5 Å². The van der Waals surface area contributed by atoms with Gasteiger partial charge in [-0.1, -0.05) is 18.2 Å². The maximum absolute atomic E-state index is 9.29. The quantitative estimate of drug-likeness (QED) is 0.751. The molecule has 0 amide bonds. The van der Waals surface area contributed by atoms with Crippen LogP contribution in [-0.2, 0) is 0 Å². The van der Waals surface area contributed by atoms with Crippen LogP contribution in [0, 0.1) is 0 Å². The lowest BCUT2D eigenvalue weighted by Crippen LogP contribution is -2.14. The first kappa shape index (κ1) is 12.8. The fourth-order valence-electron chi connectivity index (χ4n) is 1.59. The average molecular weight is 240 g/mol. The predicted molar refractivity (Wildman–Crippen MR) is 66.9 cm³/mol. The molecule has 0 unspecified atom stereocenters. The molecule has 16 heavy (non-hydrogen) atoms. The summed E-state index contributed by atoms with van der Waals surface area (Å²) in [5.41, 5.74) is 6.61. The molecule has 2 aromatic carbocycles. The molecule has 2 aromatic rings. The van der Waals surface area contributed by atoms with Crippen molar-refractivity contribution < 1.29 is 10.2 Å². The number of hydrogen-bond acceptors (Lipinski definition) is 3. The Morgan fingerprint density at radius 1 is 1.06 bits per heavy atom. The van der Waals surface area contributed by atoms with Crippen molar-refractivity contribution in [3.05, 3.63) is 42.0 Å². The van der Waals surface area contributed by atoms with Crippen LogP contribution >= 0.6 is 12.4 Å². The minimum Gasteiger partial charge on any atom is -0.508 e. The van der Waals surface area contributed by atoms with E-state index in [-0.39, 0.29) is 30.8 Å². The summed E-state index contributed by atoms with van der Waals surface area (Å²) in [4.78, 5) is 0. The molecule has 0 spiro atoms. The number of phenolic OH excluding ortho intramolecular Hbond substituents is 1. The molecule has 0 saturated carbocycles. The third-order valence-corrected chi connectivity index (χ3v) is 2.47. The molecule has 4 N–H and O–H groups in total. The first-order chi connectivity index (χ1) is 7.20. The van der Waals surface area contributed by atoms with Gasteiger partial charge in [0, 0.05) is 0 Å². The highest BCUT2D eigenvalue weighted by atomic mass is 35.5. The third kappa shape index (κ3) is 2.44. The second kappa shape index (κ2) is 5.16. The Hall–Kier alpha value is -1.29. The molecule has 0 saturated heterocycles. The fraction of sp³-hybridized carbons (Fsp3) is 0.167. The summed E-state index contributed by atoms with van der Waals surface area (Å²) in [6.45, 7) is -0.0659. The van der Waals surface area contributed by atoms with Crippen LogP contribution in [0.2, 0.25) is 0 Å². The molecule has 86 valence electrons.